The smallest absolute Gasteiger partial charge is 0.330 e. The molecule has 132 valence electrons. The highest BCUT2D eigenvalue weighted by atomic mass is 19.1. The fourth-order valence-corrected chi connectivity index (χ4v) is 3.07. The number of nitrogens with one attached hydrogen (secondary N) is 1. The number of fused-ring (bicyclic) bond motifs is 1. The molecule has 2 aromatic rings. The maximum absolute atomic E-state index is 13.4. The Morgan fingerprint density at radius 1 is 1.28 bits per heavy atom. The first-order chi connectivity index (χ1) is 12.0. The topological polar surface area (TPSA) is 92.4 Å². The highest BCUT2D eigenvalue weighted by molar-refractivity contribution is 5.96. The molecule has 0 spiro atoms. The number of amides is 1. The van der Waals surface area contributed by atoms with Crippen molar-refractivity contribution in [3.63, 3.8) is 0 Å². The number of carboxylic acid groups (broad SMARTS) is 1. The van der Waals surface area contributed by atoms with Crippen LogP contribution in [-0.4, -0.2) is 22.1 Å². The Labute approximate surface area is 144 Å². The molecule has 0 radical (unpaired) electrons. The summed E-state index contributed by atoms with van der Waals surface area (Å²) in [6.07, 6.45) is 4.39. The summed E-state index contributed by atoms with van der Waals surface area (Å²) in [7, 11) is 0. The van der Waals surface area contributed by atoms with Gasteiger partial charge in [-0.2, -0.15) is 0 Å². The zero-order valence-corrected chi connectivity index (χ0v) is 13.8. The van der Waals surface area contributed by atoms with E-state index in [1.165, 1.54) is 25.1 Å². The lowest BCUT2D eigenvalue weighted by molar-refractivity contribution is -0.139. The third-order valence-corrected chi connectivity index (χ3v) is 4.45. The summed E-state index contributed by atoms with van der Waals surface area (Å²) in [5.41, 5.74) is 1.51. The molecule has 7 heteroatoms. The molecular weight excluding hydrogens is 327 g/mol. The summed E-state index contributed by atoms with van der Waals surface area (Å²) < 4.78 is 18.7. The van der Waals surface area contributed by atoms with Gasteiger partial charge < -0.3 is 14.9 Å². The van der Waals surface area contributed by atoms with Gasteiger partial charge in [0.05, 0.1) is 0 Å². The second kappa shape index (κ2) is 7.04. The van der Waals surface area contributed by atoms with Crippen LogP contribution in [0.25, 0.3) is 0 Å². The van der Waals surface area contributed by atoms with Gasteiger partial charge in [-0.05, 0) is 43.4 Å². The number of halogens is 1. The van der Waals surface area contributed by atoms with Crippen LogP contribution in [0.3, 0.4) is 0 Å². The van der Waals surface area contributed by atoms with Crippen LogP contribution in [-0.2, 0) is 17.6 Å². The summed E-state index contributed by atoms with van der Waals surface area (Å²) in [6, 6.07) is 2.67. The molecule has 1 aliphatic carbocycles. The van der Waals surface area contributed by atoms with Gasteiger partial charge in [-0.25, -0.2) is 9.18 Å². The molecule has 1 aromatic carbocycles. The van der Waals surface area contributed by atoms with Gasteiger partial charge in [-0.1, -0.05) is 23.7 Å². The minimum Gasteiger partial charge on any atom is -0.479 e. The van der Waals surface area contributed by atoms with E-state index in [0.29, 0.717) is 23.3 Å². The molecule has 1 unspecified atom stereocenters. The van der Waals surface area contributed by atoms with Gasteiger partial charge in [-0.3, -0.25) is 4.79 Å². The molecule has 25 heavy (non-hydrogen) atoms. The Balaban J connectivity index is 1.85. The van der Waals surface area contributed by atoms with Crippen molar-refractivity contribution in [3.05, 3.63) is 52.2 Å². The van der Waals surface area contributed by atoms with Crippen molar-refractivity contribution in [2.45, 2.75) is 45.1 Å². The van der Waals surface area contributed by atoms with E-state index in [0.717, 1.165) is 31.2 Å². The molecule has 0 saturated heterocycles. The number of aromatic nitrogens is 1. The standard InChI is InChI=1S/C18H19FN2O4/c1-10-9-11(7-8-13(10)19)15(18(23)24)20-17(22)16-12-5-3-2-4-6-14(12)25-21-16/h7-9,15H,2-6H2,1H3,(H,20,22)(H,23,24). The predicted octanol–water partition coefficient (Wildman–Crippen LogP) is 2.95. The maximum Gasteiger partial charge on any atom is 0.330 e. The van der Waals surface area contributed by atoms with E-state index < -0.39 is 23.7 Å². The normalized spacial score (nSPS) is 15.1. The summed E-state index contributed by atoms with van der Waals surface area (Å²) in [6.45, 7) is 1.54. The zero-order valence-electron chi connectivity index (χ0n) is 13.8. The average molecular weight is 346 g/mol. The lowest BCUT2D eigenvalue weighted by Gasteiger charge is -2.15. The molecule has 2 N–H and O–H groups in total. The molecule has 0 saturated carbocycles. The number of carbonyl (C=O) groups is 2. The van der Waals surface area contributed by atoms with Gasteiger partial charge in [0, 0.05) is 12.0 Å². The fourth-order valence-electron chi connectivity index (χ4n) is 3.07. The number of rotatable bonds is 4. The molecule has 0 fully saturated rings. The highest BCUT2D eigenvalue weighted by Gasteiger charge is 2.28. The molecule has 3 rings (SSSR count). The van der Waals surface area contributed by atoms with Crippen molar-refractivity contribution in [1.29, 1.82) is 0 Å². The maximum atomic E-state index is 13.4. The zero-order chi connectivity index (χ0) is 18.0. The molecule has 1 aliphatic rings. The third-order valence-electron chi connectivity index (χ3n) is 4.45. The first-order valence-electron chi connectivity index (χ1n) is 8.24. The van der Waals surface area contributed by atoms with Crippen LogP contribution in [0.5, 0.6) is 0 Å². The lowest BCUT2D eigenvalue weighted by Crippen LogP contribution is -2.34. The summed E-state index contributed by atoms with van der Waals surface area (Å²) >= 11 is 0. The quantitative estimate of drug-likeness (QED) is 0.831. The molecule has 1 atom stereocenters. The third kappa shape index (κ3) is 3.55. The Hall–Kier alpha value is -2.70. The number of hydrogen-bond acceptors (Lipinski definition) is 4. The number of hydrogen-bond donors (Lipinski definition) is 2. The van der Waals surface area contributed by atoms with E-state index in [2.05, 4.69) is 10.5 Å². The Bertz CT molecular complexity index is 815. The van der Waals surface area contributed by atoms with Gasteiger partial charge >= 0.3 is 5.97 Å². The monoisotopic (exact) mass is 346 g/mol. The summed E-state index contributed by atoms with van der Waals surface area (Å²) in [4.78, 5) is 24.2. The average Bonchev–Trinajstić information content (AvgIpc) is 2.83. The molecule has 1 aromatic heterocycles. The second-order valence-electron chi connectivity index (χ2n) is 6.25. The van der Waals surface area contributed by atoms with Crippen LogP contribution >= 0.6 is 0 Å². The number of carboxylic acids is 1. The molecular formula is C18H19FN2O4. The summed E-state index contributed by atoms with van der Waals surface area (Å²) in [5.74, 6) is -1.55. The second-order valence-corrected chi connectivity index (χ2v) is 6.25. The number of aryl methyl sites for hydroxylation is 2. The highest BCUT2D eigenvalue weighted by Crippen LogP contribution is 2.24. The number of aliphatic carboxylic acids is 1. The molecule has 6 nitrogen and oxygen atoms in total. The van der Waals surface area contributed by atoms with Crippen molar-refractivity contribution < 1.29 is 23.6 Å². The van der Waals surface area contributed by atoms with Crippen molar-refractivity contribution >= 4 is 11.9 Å². The largest absolute Gasteiger partial charge is 0.479 e. The molecule has 0 aliphatic heterocycles. The predicted molar refractivity (Wildman–Crippen MR) is 86.7 cm³/mol. The molecule has 1 amide bonds. The van der Waals surface area contributed by atoms with Crippen molar-refractivity contribution in [1.82, 2.24) is 10.5 Å². The van der Waals surface area contributed by atoms with E-state index in [1.54, 1.807) is 0 Å². The number of nitrogens with zero attached hydrogens (tertiary/aromatic N) is 1. The van der Waals surface area contributed by atoms with E-state index in [4.69, 9.17) is 4.52 Å². The van der Waals surface area contributed by atoms with Crippen molar-refractivity contribution in [3.8, 4) is 0 Å². The molecule has 1 heterocycles. The van der Waals surface area contributed by atoms with Crippen LogP contribution in [0.4, 0.5) is 4.39 Å². The van der Waals surface area contributed by atoms with E-state index in [-0.39, 0.29) is 5.69 Å². The van der Waals surface area contributed by atoms with Crippen LogP contribution in [0.1, 0.15) is 58.2 Å². The number of carbonyl (C=O) groups excluding carboxylic acids is 1. The number of benzene rings is 1. The van der Waals surface area contributed by atoms with Crippen molar-refractivity contribution in [2.24, 2.45) is 0 Å². The Morgan fingerprint density at radius 3 is 2.76 bits per heavy atom. The summed E-state index contributed by atoms with van der Waals surface area (Å²) in [5, 5.41) is 15.8. The Kier molecular flexibility index (Phi) is 4.83. The van der Waals surface area contributed by atoms with Gasteiger partial charge in [0.15, 0.2) is 11.7 Å². The van der Waals surface area contributed by atoms with Gasteiger partial charge in [0.1, 0.15) is 11.6 Å². The van der Waals surface area contributed by atoms with Crippen molar-refractivity contribution in [2.75, 3.05) is 0 Å². The van der Waals surface area contributed by atoms with Gasteiger partial charge in [-0.15, -0.1) is 0 Å². The minimum absolute atomic E-state index is 0.141. The van der Waals surface area contributed by atoms with Gasteiger partial charge in [0.2, 0.25) is 0 Å². The molecule has 0 bridgehead atoms. The van der Waals surface area contributed by atoms with Crippen LogP contribution in [0.2, 0.25) is 0 Å². The van der Waals surface area contributed by atoms with Crippen LogP contribution in [0.15, 0.2) is 22.7 Å². The Morgan fingerprint density at radius 2 is 2.04 bits per heavy atom. The van der Waals surface area contributed by atoms with E-state index >= 15 is 0 Å². The van der Waals surface area contributed by atoms with E-state index in [9.17, 15) is 19.1 Å². The van der Waals surface area contributed by atoms with E-state index in [1.807, 2.05) is 0 Å². The SMILES string of the molecule is Cc1cc(C(NC(=O)c2noc3c2CCCCC3)C(=O)O)ccc1F. The fraction of sp³-hybridized carbons (Fsp3) is 0.389. The van der Waals surface area contributed by atoms with Crippen LogP contribution in [0, 0.1) is 12.7 Å². The first kappa shape index (κ1) is 17.1. The lowest BCUT2D eigenvalue weighted by atomic mass is 10.0. The first-order valence-corrected chi connectivity index (χ1v) is 8.24. The minimum atomic E-state index is -1.29. The van der Waals surface area contributed by atoms with Crippen LogP contribution < -0.4 is 5.32 Å². The van der Waals surface area contributed by atoms with Gasteiger partial charge in [0.25, 0.3) is 5.91 Å².